The van der Waals surface area contributed by atoms with Crippen LogP contribution in [0.3, 0.4) is 0 Å². The molecule has 0 spiro atoms. The van der Waals surface area contributed by atoms with Gasteiger partial charge in [0.05, 0.1) is 13.7 Å². The quantitative estimate of drug-likeness (QED) is 0.179. The molecule has 9 nitrogen and oxygen atoms in total. The van der Waals surface area contributed by atoms with E-state index in [1.165, 1.54) is 11.8 Å². The van der Waals surface area contributed by atoms with E-state index >= 15 is 0 Å². The van der Waals surface area contributed by atoms with Crippen LogP contribution in [0.2, 0.25) is 0 Å². The van der Waals surface area contributed by atoms with Gasteiger partial charge in [-0.15, -0.1) is 16.6 Å². The SMILES string of the molecule is C#CCOc1ccc([C@H](C[N+](=O)[O-])Sc2nnc(C)n2-c2ccc(OC)cc2)cc1OCC. The van der Waals surface area contributed by atoms with Crippen molar-refractivity contribution >= 4 is 11.8 Å². The molecule has 1 aromatic heterocycles. The Morgan fingerprint density at radius 2 is 1.94 bits per heavy atom. The highest BCUT2D eigenvalue weighted by Gasteiger charge is 2.25. The van der Waals surface area contributed by atoms with Gasteiger partial charge in [-0.25, -0.2) is 0 Å². The number of rotatable bonds is 11. The first-order valence-corrected chi connectivity index (χ1v) is 11.0. The Balaban J connectivity index is 1.96. The second kappa shape index (κ2) is 11.2. The zero-order valence-corrected chi connectivity index (χ0v) is 19.4. The van der Waals surface area contributed by atoms with Crippen LogP contribution in [-0.4, -0.2) is 46.6 Å². The van der Waals surface area contributed by atoms with Crippen LogP contribution in [0.15, 0.2) is 47.6 Å². The van der Waals surface area contributed by atoms with Crippen molar-refractivity contribution in [2.24, 2.45) is 0 Å². The van der Waals surface area contributed by atoms with Crippen molar-refractivity contribution in [2.75, 3.05) is 26.9 Å². The summed E-state index contributed by atoms with van der Waals surface area (Å²) in [7, 11) is 1.60. The average Bonchev–Trinajstić information content (AvgIpc) is 3.17. The zero-order valence-electron chi connectivity index (χ0n) is 18.6. The van der Waals surface area contributed by atoms with Gasteiger partial charge < -0.3 is 14.2 Å². The van der Waals surface area contributed by atoms with E-state index in [2.05, 4.69) is 16.1 Å². The molecule has 0 aliphatic rings. The van der Waals surface area contributed by atoms with E-state index in [0.717, 1.165) is 11.4 Å². The highest BCUT2D eigenvalue weighted by atomic mass is 32.2. The molecule has 0 amide bonds. The lowest BCUT2D eigenvalue weighted by molar-refractivity contribution is -0.479. The van der Waals surface area contributed by atoms with Gasteiger partial charge in [0.25, 0.3) is 0 Å². The van der Waals surface area contributed by atoms with E-state index in [1.54, 1.807) is 25.3 Å². The van der Waals surface area contributed by atoms with Crippen LogP contribution in [0.1, 0.15) is 23.6 Å². The highest BCUT2D eigenvalue weighted by Crippen LogP contribution is 2.39. The van der Waals surface area contributed by atoms with E-state index in [-0.39, 0.29) is 18.1 Å². The molecule has 10 heteroatoms. The van der Waals surface area contributed by atoms with E-state index in [0.29, 0.717) is 34.7 Å². The fraction of sp³-hybridized carbons (Fsp3) is 0.304. The number of terminal acetylenes is 1. The van der Waals surface area contributed by atoms with Crippen molar-refractivity contribution in [2.45, 2.75) is 24.3 Å². The van der Waals surface area contributed by atoms with Crippen LogP contribution >= 0.6 is 11.8 Å². The smallest absolute Gasteiger partial charge is 0.220 e. The van der Waals surface area contributed by atoms with Gasteiger partial charge in [0.2, 0.25) is 6.54 Å². The van der Waals surface area contributed by atoms with Crippen LogP contribution in [0.5, 0.6) is 17.2 Å². The number of benzene rings is 2. The molecule has 33 heavy (non-hydrogen) atoms. The van der Waals surface area contributed by atoms with Crippen molar-refractivity contribution in [1.82, 2.24) is 14.8 Å². The largest absolute Gasteiger partial charge is 0.497 e. The Labute approximate surface area is 196 Å². The number of aryl methyl sites for hydroxylation is 1. The summed E-state index contributed by atoms with van der Waals surface area (Å²) in [5, 5.41) is 19.9. The summed E-state index contributed by atoms with van der Waals surface area (Å²) in [5.74, 6) is 4.77. The summed E-state index contributed by atoms with van der Waals surface area (Å²) in [6.45, 7) is 3.87. The maximum atomic E-state index is 11.5. The second-order valence-electron chi connectivity index (χ2n) is 6.82. The molecule has 0 N–H and O–H groups in total. The van der Waals surface area contributed by atoms with Crippen LogP contribution < -0.4 is 14.2 Å². The summed E-state index contributed by atoms with van der Waals surface area (Å²) in [5.41, 5.74) is 1.53. The van der Waals surface area contributed by atoms with Gasteiger partial charge >= 0.3 is 0 Å². The third-order valence-corrected chi connectivity index (χ3v) is 5.82. The van der Waals surface area contributed by atoms with E-state index in [1.807, 2.05) is 42.7 Å². The molecule has 3 rings (SSSR count). The standard InChI is InChI=1S/C23H24N4O5S/c1-5-13-32-20-12-7-17(14-21(20)31-6-2)22(15-26(28)29)33-23-25-24-16(3)27(23)18-8-10-19(30-4)11-9-18/h1,7-12,14,22H,6,13,15H2,2-4H3/t22-/m0/s1. The normalized spacial score (nSPS) is 11.5. The van der Waals surface area contributed by atoms with E-state index in [9.17, 15) is 10.1 Å². The first-order chi connectivity index (χ1) is 16.0. The summed E-state index contributed by atoms with van der Waals surface area (Å²) >= 11 is 1.26. The molecular weight excluding hydrogens is 444 g/mol. The van der Waals surface area contributed by atoms with Crippen LogP contribution in [0.25, 0.3) is 5.69 Å². The van der Waals surface area contributed by atoms with Crippen LogP contribution in [-0.2, 0) is 0 Å². The van der Waals surface area contributed by atoms with Crippen molar-refractivity contribution in [1.29, 1.82) is 0 Å². The van der Waals surface area contributed by atoms with Crippen molar-refractivity contribution < 1.29 is 19.1 Å². The van der Waals surface area contributed by atoms with E-state index < -0.39 is 5.25 Å². The Hall–Kier alpha value is -3.71. The molecule has 0 aliphatic carbocycles. The molecule has 2 aromatic carbocycles. The van der Waals surface area contributed by atoms with Crippen LogP contribution in [0, 0.1) is 29.4 Å². The lowest BCUT2D eigenvalue weighted by Gasteiger charge is -2.17. The minimum atomic E-state index is -0.540. The van der Waals surface area contributed by atoms with Gasteiger partial charge in [0, 0.05) is 10.6 Å². The number of methoxy groups -OCH3 is 1. The summed E-state index contributed by atoms with van der Waals surface area (Å²) in [6.07, 6.45) is 5.28. The lowest BCUT2D eigenvalue weighted by Crippen LogP contribution is -2.11. The minimum absolute atomic E-state index is 0.0940. The molecule has 0 unspecified atom stereocenters. The second-order valence-corrected chi connectivity index (χ2v) is 7.99. The van der Waals surface area contributed by atoms with Gasteiger partial charge in [-0.05, 0) is 55.8 Å². The first-order valence-electron chi connectivity index (χ1n) is 10.1. The molecule has 0 bridgehead atoms. The summed E-state index contributed by atoms with van der Waals surface area (Å²) in [6, 6.07) is 12.7. The number of aromatic nitrogens is 3. The number of nitro groups is 1. The van der Waals surface area contributed by atoms with Crippen molar-refractivity contribution in [3.63, 3.8) is 0 Å². The van der Waals surface area contributed by atoms with Crippen molar-refractivity contribution in [3.05, 3.63) is 64.0 Å². The first kappa shape index (κ1) is 23.9. The third kappa shape index (κ3) is 5.96. The number of ether oxygens (including phenoxy) is 3. The molecule has 172 valence electrons. The molecule has 0 saturated heterocycles. The van der Waals surface area contributed by atoms with Crippen LogP contribution in [0.4, 0.5) is 0 Å². The third-order valence-electron chi connectivity index (χ3n) is 4.64. The molecule has 1 atom stereocenters. The Bertz CT molecular complexity index is 1140. The molecule has 1 heterocycles. The fourth-order valence-corrected chi connectivity index (χ4v) is 4.32. The number of nitrogens with zero attached hydrogens (tertiary/aromatic N) is 4. The molecule has 0 aliphatic heterocycles. The monoisotopic (exact) mass is 468 g/mol. The molecule has 0 radical (unpaired) electrons. The predicted molar refractivity (Wildman–Crippen MR) is 125 cm³/mol. The Kier molecular flexibility index (Phi) is 8.16. The van der Waals surface area contributed by atoms with Crippen molar-refractivity contribution in [3.8, 4) is 35.3 Å². The lowest BCUT2D eigenvalue weighted by atomic mass is 10.1. The minimum Gasteiger partial charge on any atom is -0.497 e. The van der Waals surface area contributed by atoms with Gasteiger partial charge in [-0.1, -0.05) is 23.7 Å². The summed E-state index contributed by atoms with van der Waals surface area (Å²) < 4.78 is 18.3. The summed E-state index contributed by atoms with van der Waals surface area (Å²) in [4.78, 5) is 11.1. The number of hydrogen-bond donors (Lipinski definition) is 0. The predicted octanol–water partition coefficient (Wildman–Crippen LogP) is 4.11. The van der Waals surface area contributed by atoms with Gasteiger partial charge in [-0.3, -0.25) is 14.7 Å². The van der Waals surface area contributed by atoms with Gasteiger partial charge in [0.15, 0.2) is 16.7 Å². The van der Waals surface area contributed by atoms with E-state index in [4.69, 9.17) is 20.6 Å². The number of thioether (sulfide) groups is 1. The van der Waals surface area contributed by atoms with Gasteiger partial charge in [0.1, 0.15) is 23.4 Å². The molecule has 0 fully saturated rings. The topological polar surface area (TPSA) is 102 Å². The Morgan fingerprint density at radius 3 is 2.58 bits per heavy atom. The average molecular weight is 469 g/mol. The molecular formula is C23H24N4O5S. The Morgan fingerprint density at radius 1 is 1.18 bits per heavy atom. The molecule has 3 aromatic rings. The van der Waals surface area contributed by atoms with Gasteiger partial charge in [-0.2, -0.15) is 0 Å². The fourth-order valence-electron chi connectivity index (χ4n) is 3.15. The maximum absolute atomic E-state index is 11.5. The maximum Gasteiger partial charge on any atom is 0.220 e. The highest BCUT2D eigenvalue weighted by molar-refractivity contribution is 7.99. The zero-order chi connectivity index (χ0) is 23.8. The number of hydrogen-bond acceptors (Lipinski definition) is 8. The molecule has 0 saturated carbocycles.